The van der Waals surface area contributed by atoms with Crippen molar-refractivity contribution < 1.29 is 4.79 Å². The second-order valence-electron chi connectivity index (χ2n) is 5.51. The molecule has 1 aliphatic heterocycles. The van der Waals surface area contributed by atoms with Gasteiger partial charge in [0.15, 0.2) is 5.65 Å². The standard InChI is InChI=1S/C15H21N5O/c1-12-6-5-11-20-14(12)17-15(18-20)16-8-7-13(21)19-9-3-2-4-10-19/h5-6,11H,2-4,7-10H2,1H3,(H,16,18). The van der Waals surface area contributed by atoms with Crippen molar-refractivity contribution >= 4 is 17.5 Å². The van der Waals surface area contributed by atoms with Crippen molar-refractivity contribution in [1.29, 1.82) is 0 Å². The van der Waals surface area contributed by atoms with Gasteiger partial charge in [0.25, 0.3) is 0 Å². The van der Waals surface area contributed by atoms with Gasteiger partial charge in [-0.05, 0) is 37.8 Å². The molecule has 0 saturated carbocycles. The molecule has 21 heavy (non-hydrogen) atoms. The molecule has 3 rings (SSSR count). The number of anilines is 1. The molecule has 0 aliphatic carbocycles. The van der Waals surface area contributed by atoms with Gasteiger partial charge < -0.3 is 10.2 Å². The molecule has 112 valence electrons. The van der Waals surface area contributed by atoms with Crippen LogP contribution >= 0.6 is 0 Å². The fraction of sp³-hybridized carbons (Fsp3) is 0.533. The third-order valence-corrected chi connectivity index (χ3v) is 3.89. The first-order valence-electron chi connectivity index (χ1n) is 7.58. The number of nitrogens with zero attached hydrogens (tertiary/aromatic N) is 4. The summed E-state index contributed by atoms with van der Waals surface area (Å²) < 4.78 is 1.75. The van der Waals surface area contributed by atoms with Crippen LogP contribution in [0, 0.1) is 6.92 Å². The predicted octanol–water partition coefficient (Wildman–Crippen LogP) is 1.85. The minimum absolute atomic E-state index is 0.224. The highest BCUT2D eigenvalue weighted by Gasteiger charge is 2.16. The van der Waals surface area contributed by atoms with Crippen LogP contribution in [0.25, 0.3) is 5.65 Å². The van der Waals surface area contributed by atoms with E-state index in [0.717, 1.165) is 37.1 Å². The van der Waals surface area contributed by atoms with Crippen LogP contribution in [0.4, 0.5) is 5.95 Å². The number of likely N-dealkylation sites (tertiary alicyclic amines) is 1. The molecular weight excluding hydrogens is 266 g/mol. The van der Waals surface area contributed by atoms with E-state index in [1.54, 1.807) is 4.52 Å². The SMILES string of the molecule is Cc1cccn2nc(NCCC(=O)N3CCCCC3)nc12. The van der Waals surface area contributed by atoms with Gasteiger partial charge in [0.1, 0.15) is 0 Å². The number of amides is 1. The third-order valence-electron chi connectivity index (χ3n) is 3.89. The van der Waals surface area contributed by atoms with E-state index in [9.17, 15) is 4.79 Å². The molecule has 0 atom stereocenters. The highest BCUT2D eigenvalue weighted by atomic mass is 16.2. The molecule has 0 bridgehead atoms. The molecule has 6 heteroatoms. The van der Waals surface area contributed by atoms with Crippen LogP contribution in [0.1, 0.15) is 31.2 Å². The minimum atomic E-state index is 0.224. The van der Waals surface area contributed by atoms with E-state index in [-0.39, 0.29) is 5.91 Å². The Kier molecular flexibility index (Phi) is 4.03. The molecule has 0 aromatic carbocycles. The molecule has 0 spiro atoms. The monoisotopic (exact) mass is 287 g/mol. The maximum absolute atomic E-state index is 12.1. The summed E-state index contributed by atoms with van der Waals surface area (Å²) in [7, 11) is 0. The maximum atomic E-state index is 12.1. The zero-order valence-electron chi connectivity index (χ0n) is 12.4. The smallest absolute Gasteiger partial charge is 0.243 e. The molecule has 1 saturated heterocycles. The average molecular weight is 287 g/mol. The van der Waals surface area contributed by atoms with E-state index in [4.69, 9.17) is 0 Å². The van der Waals surface area contributed by atoms with Crippen molar-refractivity contribution in [3.63, 3.8) is 0 Å². The van der Waals surface area contributed by atoms with E-state index in [0.29, 0.717) is 18.9 Å². The van der Waals surface area contributed by atoms with Crippen molar-refractivity contribution in [2.75, 3.05) is 25.0 Å². The number of aromatic nitrogens is 3. The Morgan fingerprint density at radius 1 is 1.33 bits per heavy atom. The highest BCUT2D eigenvalue weighted by molar-refractivity contribution is 5.76. The van der Waals surface area contributed by atoms with Crippen LogP contribution in [-0.4, -0.2) is 45.0 Å². The lowest BCUT2D eigenvalue weighted by Gasteiger charge is -2.26. The Balaban J connectivity index is 1.54. The number of rotatable bonds is 4. The molecule has 3 heterocycles. The molecule has 6 nitrogen and oxygen atoms in total. The van der Waals surface area contributed by atoms with Gasteiger partial charge in [-0.1, -0.05) is 6.07 Å². The van der Waals surface area contributed by atoms with Gasteiger partial charge in [-0.25, -0.2) is 4.52 Å². The number of hydrogen-bond acceptors (Lipinski definition) is 4. The number of aryl methyl sites for hydroxylation is 1. The van der Waals surface area contributed by atoms with Crippen LogP contribution in [0.2, 0.25) is 0 Å². The number of fused-ring (bicyclic) bond motifs is 1. The maximum Gasteiger partial charge on any atom is 0.243 e. The molecule has 1 aliphatic rings. The summed E-state index contributed by atoms with van der Waals surface area (Å²) in [6.45, 7) is 4.40. The molecule has 0 radical (unpaired) electrons. The fourth-order valence-electron chi connectivity index (χ4n) is 2.70. The summed E-state index contributed by atoms with van der Waals surface area (Å²) in [6, 6.07) is 3.95. The number of pyridine rings is 1. The zero-order chi connectivity index (χ0) is 14.7. The topological polar surface area (TPSA) is 62.5 Å². The summed E-state index contributed by atoms with van der Waals surface area (Å²) in [5.74, 6) is 0.804. The van der Waals surface area contributed by atoms with Gasteiger partial charge in [-0.3, -0.25) is 4.79 Å². The molecule has 1 fully saturated rings. The lowest BCUT2D eigenvalue weighted by molar-refractivity contribution is -0.131. The van der Waals surface area contributed by atoms with Crippen LogP contribution in [0.15, 0.2) is 18.3 Å². The molecular formula is C15H21N5O. The lowest BCUT2D eigenvalue weighted by Crippen LogP contribution is -2.36. The fourth-order valence-corrected chi connectivity index (χ4v) is 2.70. The zero-order valence-corrected chi connectivity index (χ0v) is 12.4. The Hall–Kier alpha value is -2.11. The molecule has 1 amide bonds. The van der Waals surface area contributed by atoms with E-state index >= 15 is 0 Å². The van der Waals surface area contributed by atoms with Gasteiger partial charge in [0.2, 0.25) is 11.9 Å². The number of carbonyl (C=O) groups excluding carboxylic acids is 1. The Labute approximate surface area is 124 Å². The first-order chi connectivity index (χ1) is 10.2. The Bertz CT molecular complexity index is 630. The summed E-state index contributed by atoms with van der Waals surface area (Å²) in [5.41, 5.74) is 1.94. The van der Waals surface area contributed by atoms with E-state index < -0.39 is 0 Å². The first kappa shape index (κ1) is 13.9. The third kappa shape index (κ3) is 3.15. The van der Waals surface area contributed by atoms with Gasteiger partial charge in [0, 0.05) is 32.3 Å². The van der Waals surface area contributed by atoms with Gasteiger partial charge in [0.05, 0.1) is 0 Å². The normalized spacial score (nSPS) is 15.4. The van der Waals surface area contributed by atoms with Gasteiger partial charge in [-0.2, -0.15) is 4.98 Å². The number of carbonyl (C=O) groups is 1. The quantitative estimate of drug-likeness (QED) is 0.932. The summed E-state index contributed by atoms with van der Waals surface area (Å²) in [6.07, 6.45) is 5.87. The molecule has 2 aromatic rings. The van der Waals surface area contributed by atoms with Crippen molar-refractivity contribution in [2.24, 2.45) is 0 Å². The first-order valence-corrected chi connectivity index (χ1v) is 7.58. The molecule has 1 N–H and O–H groups in total. The van der Waals surface area contributed by atoms with Crippen LogP contribution in [0.3, 0.4) is 0 Å². The van der Waals surface area contributed by atoms with Crippen LogP contribution in [-0.2, 0) is 4.79 Å². The van der Waals surface area contributed by atoms with Gasteiger partial charge in [-0.15, -0.1) is 5.10 Å². The van der Waals surface area contributed by atoms with Crippen LogP contribution < -0.4 is 5.32 Å². The average Bonchev–Trinajstić information content (AvgIpc) is 2.92. The Morgan fingerprint density at radius 2 is 2.14 bits per heavy atom. The number of hydrogen-bond donors (Lipinski definition) is 1. The second-order valence-corrected chi connectivity index (χ2v) is 5.51. The van der Waals surface area contributed by atoms with Gasteiger partial charge >= 0.3 is 0 Å². The summed E-state index contributed by atoms with van der Waals surface area (Å²) >= 11 is 0. The van der Waals surface area contributed by atoms with Crippen molar-refractivity contribution in [3.8, 4) is 0 Å². The van der Waals surface area contributed by atoms with Crippen LogP contribution in [0.5, 0.6) is 0 Å². The largest absolute Gasteiger partial charge is 0.352 e. The highest BCUT2D eigenvalue weighted by Crippen LogP contribution is 2.11. The van der Waals surface area contributed by atoms with Crippen molar-refractivity contribution in [2.45, 2.75) is 32.6 Å². The van der Waals surface area contributed by atoms with E-state index in [1.165, 1.54) is 6.42 Å². The molecule has 2 aromatic heterocycles. The van der Waals surface area contributed by atoms with Crippen molar-refractivity contribution in [3.05, 3.63) is 23.9 Å². The predicted molar refractivity (Wildman–Crippen MR) is 81.3 cm³/mol. The minimum Gasteiger partial charge on any atom is -0.352 e. The lowest BCUT2D eigenvalue weighted by atomic mass is 10.1. The number of nitrogens with one attached hydrogen (secondary N) is 1. The van der Waals surface area contributed by atoms with E-state index in [2.05, 4.69) is 15.4 Å². The number of piperidine rings is 1. The second kappa shape index (κ2) is 6.11. The molecule has 0 unspecified atom stereocenters. The summed E-state index contributed by atoms with van der Waals surface area (Å²) in [4.78, 5) is 18.5. The van der Waals surface area contributed by atoms with E-state index in [1.807, 2.05) is 30.2 Å². The summed E-state index contributed by atoms with van der Waals surface area (Å²) in [5, 5.41) is 7.49. The van der Waals surface area contributed by atoms with Crippen molar-refractivity contribution in [1.82, 2.24) is 19.5 Å². The Morgan fingerprint density at radius 3 is 2.90 bits per heavy atom.